The molecule has 0 radical (unpaired) electrons. The number of carbonyl (C=O) groups is 1. The molecule has 1 heterocycles. The van der Waals surface area contributed by atoms with Crippen molar-refractivity contribution in [2.45, 2.75) is 32.6 Å². The van der Waals surface area contributed by atoms with Gasteiger partial charge in [-0.15, -0.1) is 0 Å². The first-order chi connectivity index (χ1) is 13.9. The highest BCUT2D eigenvalue weighted by Crippen LogP contribution is 2.30. The lowest BCUT2D eigenvalue weighted by Gasteiger charge is -2.27. The standard InChI is InChI=1S/C20H34N4O4S/c1-5-23(6-2)19-10-9-17(29(26,27)24(7-3)8-4)15-18(19)21-20(25)16-22-11-13-28-14-12-22/h9-10,15H,5-8,11-14,16H2,1-4H3,(H,21,25)/p+1. The number of hydrogen-bond donors (Lipinski definition) is 2. The van der Waals surface area contributed by atoms with Crippen LogP contribution in [0.25, 0.3) is 0 Å². The summed E-state index contributed by atoms with van der Waals surface area (Å²) in [4.78, 5) is 16.2. The molecule has 2 rings (SSSR count). The maximum atomic E-state index is 13.0. The van der Waals surface area contributed by atoms with E-state index in [0.29, 0.717) is 38.5 Å². The fraction of sp³-hybridized carbons (Fsp3) is 0.650. The van der Waals surface area contributed by atoms with Crippen LogP contribution in [0.2, 0.25) is 0 Å². The number of sulfonamides is 1. The molecule has 1 aromatic rings. The zero-order chi connectivity index (χ0) is 21.4. The third-order valence-corrected chi connectivity index (χ3v) is 7.35. The Hall–Kier alpha value is -1.68. The van der Waals surface area contributed by atoms with E-state index in [0.717, 1.165) is 31.9 Å². The number of hydrogen-bond acceptors (Lipinski definition) is 5. The molecule has 8 nitrogen and oxygen atoms in total. The molecule has 0 spiro atoms. The van der Waals surface area contributed by atoms with Crippen molar-refractivity contribution >= 4 is 27.3 Å². The van der Waals surface area contributed by atoms with E-state index in [1.807, 2.05) is 27.7 Å². The smallest absolute Gasteiger partial charge is 0.279 e. The van der Waals surface area contributed by atoms with Crippen LogP contribution in [-0.2, 0) is 19.6 Å². The van der Waals surface area contributed by atoms with Crippen LogP contribution in [0, 0.1) is 0 Å². The van der Waals surface area contributed by atoms with E-state index in [2.05, 4.69) is 10.2 Å². The predicted octanol–water partition coefficient (Wildman–Crippen LogP) is 0.417. The molecule has 1 aromatic carbocycles. The zero-order valence-electron chi connectivity index (χ0n) is 18.0. The Morgan fingerprint density at radius 3 is 2.24 bits per heavy atom. The summed E-state index contributed by atoms with van der Waals surface area (Å²) >= 11 is 0. The highest BCUT2D eigenvalue weighted by molar-refractivity contribution is 7.89. The Morgan fingerprint density at radius 1 is 1.07 bits per heavy atom. The first-order valence-corrected chi connectivity index (χ1v) is 11.9. The van der Waals surface area contributed by atoms with E-state index in [4.69, 9.17) is 4.74 Å². The van der Waals surface area contributed by atoms with Crippen LogP contribution in [0.4, 0.5) is 11.4 Å². The Bertz CT molecular complexity index is 771. The van der Waals surface area contributed by atoms with E-state index in [9.17, 15) is 13.2 Å². The summed E-state index contributed by atoms with van der Waals surface area (Å²) in [5, 5.41) is 2.97. The summed E-state index contributed by atoms with van der Waals surface area (Å²) in [5.74, 6) is -0.118. The van der Waals surface area contributed by atoms with Gasteiger partial charge < -0.3 is 19.9 Å². The molecule has 164 valence electrons. The minimum Gasteiger partial charge on any atom is -0.370 e. The summed E-state index contributed by atoms with van der Waals surface area (Å²) in [5.41, 5.74) is 1.37. The van der Waals surface area contributed by atoms with Gasteiger partial charge in [-0.25, -0.2) is 8.42 Å². The molecule has 9 heteroatoms. The van der Waals surface area contributed by atoms with Crippen LogP contribution in [0.15, 0.2) is 23.1 Å². The number of amides is 1. The van der Waals surface area contributed by atoms with Gasteiger partial charge in [0.05, 0.1) is 29.5 Å². The van der Waals surface area contributed by atoms with Crippen molar-refractivity contribution in [2.24, 2.45) is 0 Å². The molecule has 0 atom stereocenters. The number of quaternary nitrogens is 1. The van der Waals surface area contributed by atoms with Gasteiger partial charge in [0, 0.05) is 26.2 Å². The van der Waals surface area contributed by atoms with Crippen LogP contribution in [0.1, 0.15) is 27.7 Å². The van der Waals surface area contributed by atoms with Crippen LogP contribution in [-0.4, -0.2) is 77.7 Å². The zero-order valence-corrected chi connectivity index (χ0v) is 18.8. The SMILES string of the molecule is CCN(CC)c1ccc(S(=O)(=O)N(CC)CC)cc1NC(=O)C[NH+]1CCOCC1. The van der Waals surface area contributed by atoms with Crippen molar-refractivity contribution in [3.8, 4) is 0 Å². The molecular weight excluding hydrogens is 392 g/mol. The van der Waals surface area contributed by atoms with Crippen LogP contribution < -0.4 is 15.1 Å². The first-order valence-electron chi connectivity index (χ1n) is 10.5. The Labute approximate surface area is 174 Å². The summed E-state index contributed by atoms with van der Waals surface area (Å²) in [6.45, 7) is 13.3. The van der Waals surface area contributed by atoms with Crippen molar-refractivity contribution < 1.29 is 22.8 Å². The molecule has 29 heavy (non-hydrogen) atoms. The highest BCUT2D eigenvalue weighted by atomic mass is 32.2. The van der Waals surface area contributed by atoms with Crippen LogP contribution >= 0.6 is 0 Å². The van der Waals surface area contributed by atoms with E-state index in [1.54, 1.807) is 18.2 Å². The quantitative estimate of drug-likeness (QED) is 0.565. The molecule has 1 fully saturated rings. The lowest BCUT2D eigenvalue weighted by molar-refractivity contribution is -0.899. The van der Waals surface area contributed by atoms with E-state index < -0.39 is 10.0 Å². The van der Waals surface area contributed by atoms with Crippen molar-refractivity contribution in [1.82, 2.24) is 4.31 Å². The molecule has 2 N–H and O–H groups in total. The number of morpholine rings is 1. The van der Waals surface area contributed by atoms with Gasteiger partial charge >= 0.3 is 0 Å². The van der Waals surface area contributed by atoms with Gasteiger partial charge in [-0.2, -0.15) is 4.31 Å². The average molecular weight is 428 g/mol. The van der Waals surface area contributed by atoms with E-state index >= 15 is 0 Å². The number of nitrogens with one attached hydrogen (secondary N) is 2. The predicted molar refractivity (Wildman–Crippen MR) is 115 cm³/mol. The summed E-state index contributed by atoms with van der Waals surface area (Å²) in [6, 6.07) is 5.01. The molecule has 0 unspecified atom stereocenters. The second kappa shape index (κ2) is 10.9. The maximum absolute atomic E-state index is 13.0. The minimum absolute atomic E-state index is 0.118. The number of rotatable bonds is 10. The fourth-order valence-corrected chi connectivity index (χ4v) is 5.07. The number of nitrogens with zero attached hydrogens (tertiary/aromatic N) is 2. The number of anilines is 2. The third kappa shape index (κ3) is 5.91. The van der Waals surface area contributed by atoms with Crippen molar-refractivity contribution in [3.63, 3.8) is 0 Å². The molecule has 0 saturated carbocycles. The van der Waals surface area contributed by atoms with Crippen LogP contribution in [0.3, 0.4) is 0 Å². The van der Waals surface area contributed by atoms with Crippen molar-refractivity contribution in [3.05, 3.63) is 18.2 Å². The van der Waals surface area contributed by atoms with Crippen LogP contribution in [0.5, 0.6) is 0 Å². The van der Waals surface area contributed by atoms with Crippen molar-refractivity contribution in [2.75, 3.05) is 69.2 Å². The molecule has 1 aliphatic heterocycles. The van der Waals surface area contributed by atoms with Gasteiger partial charge in [0.2, 0.25) is 10.0 Å². The topological polar surface area (TPSA) is 83.4 Å². The van der Waals surface area contributed by atoms with E-state index in [1.165, 1.54) is 9.21 Å². The molecule has 0 aromatic heterocycles. The first kappa shape index (κ1) is 23.6. The lowest BCUT2D eigenvalue weighted by Crippen LogP contribution is -3.15. The van der Waals surface area contributed by atoms with Crippen molar-refractivity contribution in [1.29, 1.82) is 0 Å². The molecule has 1 aliphatic rings. The highest BCUT2D eigenvalue weighted by Gasteiger charge is 2.25. The van der Waals surface area contributed by atoms with Gasteiger partial charge in [-0.05, 0) is 32.0 Å². The Kier molecular flexibility index (Phi) is 8.88. The molecule has 0 bridgehead atoms. The van der Waals surface area contributed by atoms with Gasteiger partial charge in [-0.1, -0.05) is 13.8 Å². The number of benzene rings is 1. The molecule has 1 saturated heterocycles. The second-order valence-corrected chi connectivity index (χ2v) is 8.97. The molecule has 1 amide bonds. The van der Waals surface area contributed by atoms with Gasteiger partial charge in [-0.3, -0.25) is 4.79 Å². The minimum atomic E-state index is -3.60. The maximum Gasteiger partial charge on any atom is 0.279 e. The van der Waals surface area contributed by atoms with E-state index in [-0.39, 0.29) is 10.8 Å². The second-order valence-electron chi connectivity index (χ2n) is 7.03. The summed E-state index contributed by atoms with van der Waals surface area (Å²) < 4.78 is 32.7. The molecular formula is C20H35N4O4S+. The Morgan fingerprint density at radius 2 is 1.69 bits per heavy atom. The van der Waals surface area contributed by atoms with Gasteiger partial charge in [0.25, 0.3) is 5.91 Å². The summed E-state index contributed by atoms with van der Waals surface area (Å²) in [7, 11) is -3.60. The lowest BCUT2D eigenvalue weighted by atomic mass is 10.2. The normalized spacial score (nSPS) is 15.5. The third-order valence-electron chi connectivity index (χ3n) is 5.30. The average Bonchev–Trinajstić information content (AvgIpc) is 2.71. The monoisotopic (exact) mass is 427 g/mol. The van der Waals surface area contributed by atoms with Gasteiger partial charge in [0.15, 0.2) is 6.54 Å². The fourth-order valence-electron chi connectivity index (χ4n) is 3.59. The summed E-state index contributed by atoms with van der Waals surface area (Å²) in [6.07, 6.45) is 0. The largest absolute Gasteiger partial charge is 0.370 e. The number of ether oxygens (including phenoxy) is 1. The number of carbonyl (C=O) groups excluding carboxylic acids is 1. The Balaban J connectivity index is 2.33. The van der Waals surface area contributed by atoms with Gasteiger partial charge in [0.1, 0.15) is 13.1 Å². The molecule has 0 aliphatic carbocycles.